The smallest absolute Gasteiger partial charge is 0.255 e. The Kier molecular flexibility index (Phi) is 5.31. The molecule has 0 saturated carbocycles. The normalized spacial score (nSPS) is 21.6. The molecule has 0 aromatic heterocycles. The minimum absolute atomic E-state index is 0.0239. The van der Waals surface area contributed by atoms with Crippen molar-refractivity contribution in [1.29, 1.82) is 0 Å². The van der Waals surface area contributed by atoms with Crippen LogP contribution in [0.5, 0.6) is 5.75 Å². The summed E-state index contributed by atoms with van der Waals surface area (Å²) in [6.45, 7) is 0. The molecule has 4 heteroatoms. The summed E-state index contributed by atoms with van der Waals surface area (Å²) in [4.78, 5) is 17.5. The molecule has 0 N–H and O–H groups in total. The van der Waals surface area contributed by atoms with E-state index in [0.717, 1.165) is 35.5 Å². The number of amides is 1. The van der Waals surface area contributed by atoms with Crippen LogP contribution in [0, 0.1) is 0 Å². The molecule has 2 aliphatic rings. The number of carbonyl (C=O) groups is 1. The number of rotatable bonds is 5. The van der Waals surface area contributed by atoms with Crippen LogP contribution < -0.4 is 9.64 Å². The van der Waals surface area contributed by atoms with E-state index in [2.05, 4.69) is 18.0 Å². The van der Waals surface area contributed by atoms with Gasteiger partial charge in [0.25, 0.3) is 5.91 Å². The zero-order valence-corrected chi connectivity index (χ0v) is 16.4. The average molecular weight is 374 g/mol. The summed E-state index contributed by atoms with van der Waals surface area (Å²) in [6, 6.07) is 18.6. The van der Waals surface area contributed by atoms with Gasteiger partial charge in [-0.3, -0.25) is 14.6 Å². The third kappa shape index (κ3) is 3.73. The van der Waals surface area contributed by atoms with E-state index in [4.69, 9.17) is 4.74 Å². The van der Waals surface area contributed by atoms with E-state index in [9.17, 15) is 4.79 Å². The number of carbonyl (C=O) groups excluding carboxylic acids is 1. The minimum Gasteiger partial charge on any atom is -0.497 e. The van der Waals surface area contributed by atoms with Gasteiger partial charge in [-0.05, 0) is 61.9 Å². The third-order valence-electron chi connectivity index (χ3n) is 5.78. The molecule has 0 radical (unpaired) electrons. The lowest BCUT2D eigenvalue weighted by Gasteiger charge is -2.35. The van der Waals surface area contributed by atoms with E-state index in [-0.39, 0.29) is 5.91 Å². The van der Waals surface area contributed by atoms with E-state index in [1.807, 2.05) is 65.6 Å². The van der Waals surface area contributed by atoms with E-state index >= 15 is 0 Å². The predicted molar refractivity (Wildman–Crippen MR) is 113 cm³/mol. The van der Waals surface area contributed by atoms with Gasteiger partial charge in [0.2, 0.25) is 0 Å². The molecule has 0 aliphatic carbocycles. The summed E-state index contributed by atoms with van der Waals surface area (Å²) >= 11 is 0. The number of hydrogen-bond acceptors (Lipinski definition) is 3. The Morgan fingerprint density at radius 3 is 2.54 bits per heavy atom. The second kappa shape index (κ2) is 8.03. The molecular formula is C24H26N2O2. The first-order valence-electron chi connectivity index (χ1n) is 9.79. The lowest BCUT2D eigenvalue weighted by Crippen LogP contribution is -2.40. The largest absolute Gasteiger partial charge is 0.497 e. The van der Waals surface area contributed by atoms with Gasteiger partial charge in [-0.25, -0.2) is 0 Å². The monoisotopic (exact) mass is 374 g/mol. The standard InChI is InChI=1S/C24H26N2O2/c1-25-20-9-10-21(25)17-22(16-20)26(19-11-13-23(28-2)14-12-19)24(27)15-8-18-6-4-3-5-7-18/h3-8,11-16,20-21H,9-10,17H2,1-2H3/b15-8+/t20-,21-/m1/s1. The molecule has 2 aromatic carbocycles. The van der Waals surface area contributed by atoms with Crippen LogP contribution >= 0.6 is 0 Å². The Bertz CT molecular complexity index is 887. The first-order valence-corrected chi connectivity index (χ1v) is 9.79. The molecule has 1 fully saturated rings. The number of benzene rings is 2. The van der Waals surface area contributed by atoms with Gasteiger partial charge in [-0.2, -0.15) is 0 Å². The first kappa shape index (κ1) is 18.5. The van der Waals surface area contributed by atoms with E-state index in [0.29, 0.717) is 12.1 Å². The number of nitrogens with zero attached hydrogens (tertiary/aromatic N) is 2. The Hall–Kier alpha value is -2.85. The number of ether oxygens (including phenoxy) is 1. The summed E-state index contributed by atoms with van der Waals surface area (Å²) in [5.41, 5.74) is 2.99. The lowest BCUT2D eigenvalue weighted by molar-refractivity contribution is -0.113. The molecule has 2 aromatic rings. The van der Waals surface area contributed by atoms with Crippen LogP contribution in [0.1, 0.15) is 24.8 Å². The SMILES string of the molecule is COc1ccc(N(C(=O)/C=C/c2ccccc2)C2=C[C@H]3CC[C@H](C2)N3C)cc1. The number of fused-ring (bicyclic) bond motifs is 2. The fourth-order valence-corrected chi connectivity index (χ4v) is 4.16. The maximum Gasteiger partial charge on any atom is 0.255 e. The summed E-state index contributed by atoms with van der Waals surface area (Å²) in [6.07, 6.45) is 9.05. The first-order chi connectivity index (χ1) is 13.7. The zero-order valence-electron chi connectivity index (χ0n) is 16.4. The maximum atomic E-state index is 13.2. The van der Waals surface area contributed by atoms with Crippen LogP contribution in [0.15, 0.2) is 72.4 Å². The van der Waals surface area contributed by atoms with E-state index in [1.165, 1.54) is 6.42 Å². The van der Waals surface area contributed by atoms with Gasteiger partial charge in [0.15, 0.2) is 0 Å². The van der Waals surface area contributed by atoms with Gasteiger partial charge in [0, 0.05) is 36.0 Å². The van der Waals surface area contributed by atoms with Crippen molar-refractivity contribution in [1.82, 2.24) is 4.90 Å². The van der Waals surface area contributed by atoms with Gasteiger partial charge in [0.05, 0.1) is 7.11 Å². The Labute approximate surface area is 166 Å². The highest BCUT2D eigenvalue weighted by Crippen LogP contribution is 2.36. The van der Waals surface area contributed by atoms with Crippen LogP contribution in [0.2, 0.25) is 0 Å². The molecule has 28 heavy (non-hydrogen) atoms. The summed E-state index contributed by atoms with van der Waals surface area (Å²) in [7, 11) is 3.84. The third-order valence-corrected chi connectivity index (χ3v) is 5.78. The second-order valence-corrected chi connectivity index (χ2v) is 7.44. The van der Waals surface area contributed by atoms with Gasteiger partial charge in [-0.15, -0.1) is 0 Å². The van der Waals surface area contributed by atoms with E-state index < -0.39 is 0 Å². The average Bonchev–Trinajstić information content (AvgIpc) is 2.94. The van der Waals surface area contributed by atoms with Crippen molar-refractivity contribution in [2.45, 2.75) is 31.3 Å². The minimum atomic E-state index is -0.0239. The molecule has 2 heterocycles. The van der Waals surface area contributed by atoms with Crippen LogP contribution in [0.4, 0.5) is 5.69 Å². The van der Waals surface area contributed by atoms with Crippen LogP contribution in [0.25, 0.3) is 6.08 Å². The van der Waals surface area contributed by atoms with E-state index in [1.54, 1.807) is 13.2 Å². The fourth-order valence-electron chi connectivity index (χ4n) is 4.16. The van der Waals surface area contributed by atoms with Gasteiger partial charge >= 0.3 is 0 Å². The fraction of sp³-hybridized carbons (Fsp3) is 0.292. The molecule has 4 rings (SSSR count). The van der Waals surface area contributed by atoms with Crippen molar-refractivity contribution in [3.63, 3.8) is 0 Å². The molecule has 2 atom stereocenters. The second-order valence-electron chi connectivity index (χ2n) is 7.44. The highest BCUT2D eigenvalue weighted by Gasteiger charge is 2.36. The molecule has 2 aliphatic heterocycles. The highest BCUT2D eigenvalue weighted by molar-refractivity contribution is 6.06. The summed E-state index contributed by atoms with van der Waals surface area (Å²) < 4.78 is 5.28. The van der Waals surface area contributed by atoms with Crippen molar-refractivity contribution < 1.29 is 9.53 Å². The van der Waals surface area contributed by atoms with Gasteiger partial charge < -0.3 is 4.74 Å². The maximum absolute atomic E-state index is 13.2. The predicted octanol–water partition coefficient (Wildman–Crippen LogP) is 4.49. The van der Waals surface area contributed by atoms with Crippen molar-refractivity contribution in [3.05, 3.63) is 78.0 Å². The Morgan fingerprint density at radius 2 is 1.86 bits per heavy atom. The molecule has 4 nitrogen and oxygen atoms in total. The van der Waals surface area contributed by atoms with Crippen LogP contribution in [0.3, 0.4) is 0 Å². The Morgan fingerprint density at radius 1 is 1.11 bits per heavy atom. The molecular weight excluding hydrogens is 348 g/mol. The van der Waals surface area contributed by atoms with Crippen molar-refractivity contribution in [2.75, 3.05) is 19.1 Å². The molecule has 1 amide bonds. The molecule has 144 valence electrons. The number of likely N-dealkylation sites (N-methyl/N-ethyl adjacent to an activating group) is 1. The molecule has 0 unspecified atom stereocenters. The van der Waals surface area contributed by atoms with Gasteiger partial charge in [-0.1, -0.05) is 30.3 Å². The highest BCUT2D eigenvalue weighted by atomic mass is 16.5. The topological polar surface area (TPSA) is 32.8 Å². The van der Waals surface area contributed by atoms with Crippen LogP contribution in [-0.2, 0) is 4.79 Å². The number of hydrogen-bond donors (Lipinski definition) is 0. The van der Waals surface area contributed by atoms with Crippen molar-refractivity contribution >= 4 is 17.7 Å². The molecule has 2 bridgehead atoms. The summed E-state index contributed by atoms with van der Waals surface area (Å²) in [5, 5.41) is 0. The van der Waals surface area contributed by atoms with Crippen molar-refractivity contribution in [2.24, 2.45) is 0 Å². The van der Waals surface area contributed by atoms with Gasteiger partial charge in [0.1, 0.15) is 5.75 Å². The molecule has 0 spiro atoms. The number of methoxy groups -OCH3 is 1. The summed E-state index contributed by atoms with van der Waals surface area (Å²) in [5.74, 6) is 0.762. The number of anilines is 1. The van der Waals surface area contributed by atoms with Crippen LogP contribution in [-0.4, -0.2) is 37.0 Å². The van der Waals surface area contributed by atoms with Crippen molar-refractivity contribution in [3.8, 4) is 5.75 Å². The lowest BCUT2D eigenvalue weighted by atomic mass is 10.0. The Balaban J connectivity index is 1.66. The quantitative estimate of drug-likeness (QED) is 0.723. The zero-order chi connectivity index (χ0) is 19.5. The molecule has 1 saturated heterocycles.